The largest absolute Gasteiger partial charge is 0.497 e. The zero-order chi connectivity index (χ0) is 26.8. The highest BCUT2D eigenvalue weighted by molar-refractivity contribution is 5.95. The first-order chi connectivity index (χ1) is 17.8. The highest BCUT2D eigenvalue weighted by Crippen LogP contribution is 2.30. The van der Waals surface area contributed by atoms with Crippen molar-refractivity contribution >= 4 is 29.2 Å². The lowest BCUT2D eigenvalue weighted by molar-refractivity contribution is -0.147. The van der Waals surface area contributed by atoms with Crippen molar-refractivity contribution in [3.05, 3.63) is 71.8 Å². The number of anilines is 2. The molecule has 2 amide bonds. The van der Waals surface area contributed by atoms with E-state index in [1.54, 1.807) is 42.5 Å². The van der Waals surface area contributed by atoms with E-state index in [0.29, 0.717) is 28.6 Å². The quantitative estimate of drug-likeness (QED) is 0.352. The number of para-hydroxylation sites is 1. The molecule has 37 heavy (non-hydrogen) atoms. The first-order valence-electron chi connectivity index (χ1n) is 11.6. The van der Waals surface area contributed by atoms with Gasteiger partial charge in [0.1, 0.15) is 23.0 Å². The van der Waals surface area contributed by atoms with Gasteiger partial charge in [-0.2, -0.15) is 0 Å². The summed E-state index contributed by atoms with van der Waals surface area (Å²) in [4.78, 5) is 36.4. The van der Waals surface area contributed by atoms with E-state index in [1.165, 1.54) is 14.2 Å². The maximum atomic E-state index is 12.2. The number of ether oxygens (including phenoxy) is 4. The molecule has 0 aliphatic heterocycles. The topological polar surface area (TPSA) is 112 Å². The van der Waals surface area contributed by atoms with Crippen LogP contribution in [-0.4, -0.2) is 38.6 Å². The molecule has 9 heteroatoms. The van der Waals surface area contributed by atoms with E-state index in [9.17, 15) is 14.4 Å². The molecule has 0 saturated carbocycles. The minimum Gasteiger partial charge on any atom is -0.497 e. The lowest BCUT2D eigenvalue weighted by Crippen LogP contribution is -2.22. The Balaban J connectivity index is 1.41. The van der Waals surface area contributed by atoms with Crippen molar-refractivity contribution in [2.45, 2.75) is 26.7 Å². The number of rotatable bonds is 11. The third kappa shape index (κ3) is 7.99. The molecule has 0 aromatic heterocycles. The van der Waals surface area contributed by atoms with Gasteiger partial charge in [0, 0.05) is 18.2 Å². The first kappa shape index (κ1) is 27.1. The number of hydrogen-bond acceptors (Lipinski definition) is 7. The predicted molar refractivity (Wildman–Crippen MR) is 139 cm³/mol. The maximum Gasteiger partial charge on any atom is 0.306 e. The Labute approximate surface area is 215 Å². The SMILES string of the molecule is COc1ccc(OC)c(NC(=O)COC(=O)CCC(=O)Nc2ccc(Oc3c(C)cccc3C)cc2)c1. The fourth-order valence-electron chi connectivity index (χ4n) is 3.44. The van der Waals surface area contributed by atoms with Crippen molar-refractivity contribution in [3.63, 3.8) is 0 Å². The molecule has 3 aromatic rings. The Morgan fingerprint density at radius 1 is 0.757 bits per heavy atom. The van der Waals surface area contributed by atoms with E-state index in [2.05, 4.69) is 10.6 Å². The number of carbonyl (C=O) groups is 3. The normalized spacial score (nSPS) is 10.3. The average Bonchev–Trinajstić information content (AvgIpc) is 2.89. The molecule has 194 valence electrons. The molecular weight excluding hydrogens is 476 g/mol. The lowest BCUT2D eigenvalue weighted by atomic mass is 10.1. The van der Waals surface area contributed by atoms with Crippen LogP contribution in [0.1, 0.15) is 24.0 Å². The van der Waals surface area contributed by atoms with Gasteiger partial charge >= 0.3 is 5.97 Å². The van der Waals surface area contributed by atoms with Crippen LogP contribution >= 0.6 is 0 Å². The molecule has 0 aliphatic carbocycles. The van der Waals surface area contributed by atoms with Gasteiger partial charge < -0.3 is 29.6 Å². The van der Waals surface area contributed by atoms with Crippen LogP contribution < -0.4 is 24.8 Å². The monoisotopic (exact) mass is 506 g/mol. The average molecular weight is 507 g/mol. The minimum atomic E-state index is -0.666. The molecule has 3 rings (SSSR count). The molecule has 0 atom stereocenters. The zero-order valence-electron chi connectivity index (χ0n) is 21.3. The summed E-state index contributed by atoms with van der Waals surface area (Å²) in [6.07, 6.45) is -0.264. The van der Waals surface area contributed by atoms with Gasteiger partial charge in [-0.1, -0.05) is 18.2 Å². The highest BCUT2D eigenvalue weighted by Gasteiger charge is 2.13. The van der Waals surface area contributed by atoms with Gasteiger partial charge in [0.05, 0.1) is 26.3 Å². The number of benzene rings is 3. The van der Waals surface area contributed by atoms with E-state index in [1.807, 2.05) is 32.0 Å². The number of amides is 2. The molecule has 0 heterocycles. The molecule has 0 fully saturated rings. The molecule has 2 N–H and O–H groups in total. The number of hydrogen-bond donors (Lipinski definition) is 2. The summed E-state index contributed by atoms with van der Waals surface area (Å²) >= 11 is 0. The predicted octanol–water partition coefficient (Wildman–Crippen LogP) is 5.01. The summed E-state index contributed by atoms with van der Waals surface area (Å²) in [6.45, 7) is 3.46. The molecule has 0 spiro atoms. The molecule has 0 bridgehead atoms. The van der Waals surface area contributed by atoms with Gasteiger partial charge in [0.15, 0.2) is 6.61 Å². The maximum absolute atomic E-state index is 12.2. The van der Waals surface area contributed by atoms with Crippen LogP contribution in [0.3, 0.4) is 0 Å². The molecule has 0 unspecified atom stereocenters. The smallest absolute Gasteiger partial charge is 0.306 e. The molecular formula is C28H30N2O7. The van der Waals surface area contributed by atoms with Gasteiger partial charge in [-0.25, -0.2) is 0 Å². The first-order valence-corrected chi connectivity index (χ1v) is 11.6. The Morgan fingerprint density at radius 3 is 2.08 bits per heavy atom. The van der Waals surface area contributed by atoms with Crippen LogP contribution in [0, 0.1) is 13.8 Å². The van der Waals surface area contributed by atoms with Gasteiger partial charge in [0.2, 0.25) is 5.91 Å². The van der Waals surface area contributed by atoms with Crippen LogP contribution in [0.5, 0.6) is 23.0 Å². The molecule has 3 aromatic carbocycles. The Bertz CT molecular complexity index is 1240. The van der Waals surface area contributed by atoms with Crippen LogP contribution in [0.25, 0.3) is 0 Å². The fourth-order valence-corrected chi connectivity index (χ4v) is 3.44. The van der Waals surface area contributed by atoms with Gasteiger partial charge in [-0.05, 0) is 61.4 Å². The van der Waals surface area contributed by atoms with E-state index in [4.69, 9.17) is 18.9 Å². The lowest BCUT2D eigenvalue weighted by Gasteiger charge is -2.12. The zero-order valence-corrected chi connectivity index (χ0v) is 21.3. The van der Waals surface area contributed by atoms with Crippen LogP contribution in [0.2, 0.25) is 0 Å². The van der Waals surface area contributed by atoms with Crippen molar-refractivity contribution in [1.82, 2.24) is 0 Å². The van der Waals surface area contributed by atoms with Crippen molar-refractivity contribution < 1.29 is 33.3 Å². The summed E-state index contributed by atoms with van der Waals surface area (Å²) < 4.78 is 21.3. The summed E-state index contributed by atoms with van der Waals surface area (Å²) in [5, 5.41) is 5.33. The molecule has 0 aliphatic rings. The van der Waals surface area contributed by atoms with E-state index in [0.717, 1.165) is 16.9 Å². The number of carbonyl (C=O) groups excluding carboxylic acids is 3. The van der Waals surface area contributed by atoms with Crippen LogP contribution in [-0.2, 0) is 19.1 Å². The Hall–Kier alpha value is -4.53. The number of aryl methyl sites for hydroxylation is 2. The summed E-state index contributed by atoms with van der Waals surface area (Å²) in [5.41, 5.74) is 3.01. The third-order valence-electron chi connectivity index (χ3n) is 5.37. The van der Waals surface area contributed by atoms with E-state index < -0.39 is 18.5 Å². The fraction of sp³-hybridized carbons (Fsp3) is 0.250. The van der Waals surface area contributed by atoms with Gasteiger partial charge in [-0.3, -0.25) is 14.4 Å². The molecule has 0 radical (unpaired) electrons. The Kier molecular flexibility index (Phi) is 9.48. The van der Waals surface area contributed by atoms with Crippen molar-refractivity contribution in [2.75, 3.05) is 31.5 Å². The van der Waals surface area contributed by atoms with Gasteiger partial charge in [0.25, 0.3) is 5.91 Å². The van der Waals surface area contributed by atoms with Gasteiger partial charge in [-0.15, -0.1) is 0 Å². The summed E-state index contributed by atoms with van der Waals surface area (Å²) in [7, 11) is 2.97. The standard InChI is InChI=1S/C28H30N2O7/c1-18-6-5-7-19(2)28(18)37-21-10-8-20(9-11-21)29-25(31)14-15-27(33)36-17-26(32)30-23-16-22(34-3)12-13-24(23)35-4/h5-13,16H,14-15,17H2,1-4H3,(H,29,31)(H,30,32). The summed E-state index contributed by atoms with van der Waals surface area (Å²) in [6, 6.07) is 17.8. The third-order valence-corrected chi connectivity index (χ3v) is 5.37. The van der Waals surface area contributed by atoms with Crippen molar-refractivity contribution in [2.24, 2.45) is 0 Å². The van der Waals surface area contributed by atoms with Crippen LogP contribution in [0.15, 0.2) is 60.7 Å². The summed E-state index contributed by atoms with van der Waals surface area (Å²) in [5.74, 6) is 0.835. The van der Waals surface area contributed by atoms with Crippen molar-refractivity contribution in [1.29, 1.82) is 0 Å². The number of nitrogens with one attached hydrogen (secondary N) is 2. The Morgan fingerprint density at radius 2 is 1.43 bits per heavy atom. The van der Waals surface area contributed by atoms with Crippen molar-refractivity contribution in [3.8, 4) is 23.0 Å². The van der Waals surface area contributed by atoms with E-state index >= 15 is 0 Å². The second-order valence-electron chi connectivity index (χ2n) is 8.17. The number of esters is 1. The second-order valence-corrected chi connectivity index (χ2v) is 8.17. The highest BCUT2D eigenvalue weighted by atomic mass is 16.5. The number of methoxy groups -OCH3 is 2. The molecule has 0 saturated heterocycles. The second kappa shape index (κ2) is 13.0. The van der Waals surface area contributed by atoms with Crippen LogP contribution in [0.4, 0.5) is 11.4 Å². The van der Waals surface area contributed by atoms with E-state index in [-0.39, 0.29) is 18.7 Å². The molecule has 9 nitrogen and oxygen atoms in total. The minimum absolute atomic E-state index is 0.0924.